The number of rotatable bonds is 4. The standard InChI is InChI=1S/C46H29NO/c1-2-10-30(11-3-1)37-14-8-9-17-43(37)47(36-24-27-41-42-25-22-32-13-5-7-16-40(32)46(42)48-44(41)29-36)35-23-26-39-34(28-35)21-20-33-19-18-31-12-4-6-15-38(31)45(33)39/h1-29H. The average molecular weight is 612 g/mol. The summed E-state index contributed by atoms with van der Waals surface area (Å²) in [6.07, 6.45) is 0. The lowest BCUT2D eigenvalue weighted by molar-refractivity contribution is 0.672. The maximum absolute atomic E-state index is 6.68. The number of fused-ring (bicyclic) bond motifs is 10. The maximum Gasteiger partial charge on any atom is 0.143 e. The van der Waals surface area contributed by atoms with Crippen molar-refractivity contribution in [3.63, 3.8) is 0 Å². The van der Waals surface area contributed by atoms with Crippen molar-refractivity contribution in [1.29, 1.82) is 0 Å². The van der Waals surface area contributed by atoms with Gasteiger partial charge in [-0.05, 0) is 79.7 Å². The van der Waals surface area contributed by atoms with E-state index in [1.54, 1.807) is 0 Å². The molecule has 0 aliphatic carbocycles. The molecule has 0 aliphatic rings. The van der Waals surface area contributed by atoms with Crippen molar-refractivity contribution in [1.82, 2.24) is 0 Å². The third kappa shape index (κ3) is 4.13. The molecule has 0 saturated carbocycles. The highest BCUT2D eigenvalue weighted by molar-refractivity contribution is 6.21. The summed E-state index contributed by atoms with van der Waals surface area (Å²) in [4.78, 5) is 2.37. The van der Waals surface area contributed by atoms with Gasteiger partial charge in [0.2, 0.25) is 0 Å². The monoisotopic (exact) mass is 611 g/mol. The number of para-hydroxylation sites is 1. The van der Waals surface area contributed by atoms with Crippen LogP contribution in [0.5, 0.6) is 0 Å². The van der Waals surface area contributed by atoms with Gasteiger partial charge in [0.1, 0.15) is 11.2 Å². The number of furan rings is 1. The van der Waals surface area contributed by atoms with E-state index in [1.807, 2.05) is 0 Å². The first kappa shape index (κ1) is 26.8. The highest BCUT2D eigenvalue weighted by Crippen LogP contribution is 2.44. The van der Waals surface area contributed by atoms with Crippen LogP contribution >= 0.6 is 0 Å². The fourth-order valence-electron chi connectivity index (χ4n) is 7.55. The quantitative estimate of drug-likeness (QED) is 0.184. The molecule has 0 N–H and O–H groups in total. The Bertz CT molecular complexity index is 2850. The first-order chi connectivity index (χ1) is 23.8. The second kappa shape index (κ2) is 10.6. The van der Waals surface area contributed by atoms with Crippen LogP contribution in [0.2, 0.25) is 0 Å². The van der Waals surface area contributed by atoms with Gasteiger partial charge in [-0.2, -0.15) is 0 Å². The van der Waals surface area contributed by atoms with Crippen LogP contribution in [-0.2, 0) is 0 Å². The van der Waals surface area contributed by atoms with Crippen LogP contribution in [0.25, 0.3) is 76.2 Å². The highest BCUT2D eigenvalue weighted by atomic mass is 16.3. The Balaban J connectivity index is 1.23. The third-order valence-electron chi connectivity index (χ3n) is 9.80. The summed E-state index contributed by atoms with van der Waals surface area (Å²) in [5, 5.41) is 12.1. The maximum atomic E-state index is 6.68. The molecule has 0 atom stereocenters. The van der Waals surface area contributed by atoms with E-state index in [9.17, 15) is 0 Å². The first-order valence-corrected chi connectivity index (χ1v) is 16.4. The van der Waals surface area contributed by atoms with E-state index in [0.717, 1.165) is 44.4 Å². The van der Waals surface area contributed by atoms with Gasteiger partial charge in [0.05, 0.1) is 5.69 Å². The first-order valence-electron chi connectivity index (χ1n) is 16.4. The lowest BCUT2D eigenvalue weighted by Gasteiger charge is -2.28. The Morgan fingerprint density at radius 2 is 0.958 bits per heavy atom. The van der Waals surface area contributed by atoms with Crippen LogP contribution in [0.15, 0.2) is 180 Å². The second-order valence-corrected chi connectivity index (χ2v) is 12.5. The molecule has 0 spiro atoms. The summed E-state index contributed by atoms with van der Waals surface area (Å²) >= 11 is 0. The van der Waals surface area contributed by atoms with Crippen molar-refractivity contribution in [3.05, 3.63) is 176 Å². The third-order valence-corrected chi connectivity index (χ3v) is 9.80. The van der Waals surface area contributed by atoms with Gasteiger partial charge in [-0.25, -0.2) is 0 Å². The predicted molar refractivity (Wildman–Crippen MR) is 204 cm³/mol. The van der Waals surface area contributed by atoms with E-state index < -0.39 is 0 Å². The Morgan fingerprint density at radius 1 is 0.375 bits per heavy atom. The van der Waals surface area contributed by atoms with Gasteiger partial charge in [-0.15, -0.1) is 0 Å². The smallest absolute Gasteiger partial charge is 0.143 e. The summed E-state index contributed by atoms with van der Waals surface area (Å²) in [6.45, 7) is 0. The summed E-state index contributed by atoms with van der Waals surface area (Å²) in [5.74, 6) is 0. The summed E-state index contributed by atoms with van der Waals surface area (Å²) < 4.78 is 6.68. The van der Waals surface area contributed by atoms with E-state index >= 15 is 0 Å². The Kier molecular flexibility index (Phi) is 5.91. The van der Waals surface area contributed by atoms with Gasteiger partial charge in [-0.3, -0.25) is 0 Å². The van der Waals surface area contributed by atoms with Crippen LogP contribution in [0.3, 0.4) is 0 Å². The minimum Gasteiger partial charge on any atom is -0.455 e. The molecule has 1 heterocycles. The molecule has 48 heavy (non-hydrogen) atoms. The molecule has 1 aromatic heterocycles. The molecular weight excluding hydrogens is 583 g/mol. The molecule has 224 valence electrons. The van der Waals surface area contributed by atoms with Gasteiger partial charge in [-0.1, -0.05) is 133 Å². The average Bonchev–Trinajstić information content (AvgIpc) is 3.54. The zero-order chi connectivity index (χ0) is 31.6. The number of hydrogen-bond donors (Lipinski definition) is 0. The summed E-state index contributed by atoms with van der Waals surface area (Å²) in [6, 6.07) is 63.3. The fourth-order valence-corrected chi connectivity index (χ4v) is 7.55. The highest BCUT2D eigenvalue weighted by Gasteiger charge is 2.20. The topological polar surface area (TPSA) is 16.4 Å². The minimum absolute atomic E-state index is 0.874. The van der Waals surface area contributed by atoms with Crippen molar-refractivity contribution in [2.75, 3.05) is 4.90 Å². The Hall–Kier alpha value is -6.38. The minimum atomic E-state index is 0.874. The molecule has 10 aromatic rings. The van der Waals surface area contributed by atoms with Crippen LogP contribution < -0.4 is 4.90 Å². The van der Waals surface area contributed by atoms with E-state index in [4.69, 9.17) is 4.42 Å². The molecule has 0 aliphatic heterocycles. The van der Waals surface area contributed by atoms with Gasteiger partial charge >= 0.3 is 0 Å². The molecule has 2 heteroatoms. The van der Waals surface area contributed by atoms with E-state index in [2.05, 4.69) is 181 Å². The van der Waals surface area contributed by atoms with Crippen LogP contribution in [0.4, 0.5) is 17.1 Å². The predicted octanol–water partition coefficient (Wildman–Crippen LogP) is 13.3. The van der Waals surface area contributed by atoms with Crippen LogP contribution in [-0.4, -0.2) is 0 Å². The fraction of sp³-hybridized carbons (Fsp3) is 0. The molecule has 10 rings (SSSR count). The number of nitrogens with zero attached hydrogens (tertiary/aromatic N) is 1. The Labute approximate surface area is 277 Å². The van der Waals surface area contributed by atoms with Crippen LogP contribution in [0, 0.1) is 0 Å². The molecule has 0 bridgehead atoms. The molecular formula is C46H29NO. The van der Waals surface area contributed by atoms with Gasteiger partial charge in [0.25, 0.3) is 0 Å². The SMILES string of the molecule is c1ccc(-c2ccccc2N(c2ccc3c(ccc4ccc5ccccc5c43)c2)c2ccc3c(c2)oc2c4ccccc4ccc32)cc1. The van der Waals surface area contributed by atoms with Crippen LogP contribution in [0.1, 0.15) is 0 Å². The number of hydrogen-bond acceptors (Lipinski definition) is 2. The number of benzene rings is 9. The van der Waals surface area contributed by atoms with Crippen molar-refractivity contribution >= 4 is 82.1 Å². The molecule has 0 radical (unpaired) electrons. The van der Waals surface area contributed by atoms with Crippen molar-refractivity contribution in [2.45, 2.75) is 0 Å². The lowest BCUT2D eigenvalue weighted by atomic mass is 9.96. The zero-order valence-corrected chi connectivity index (χ0v) is 26.1. The van der Waals surface area contributed by atoms with E-state index in [1.165, 1.54) is 48.8 Å². The molecule has 9 aromatic carbocycles. The second-order valence-electron chi connectivity index (χ2n) is 12.5. The summed E-state index contributed by atoms with van der Waals surface area (Å²) in [5.41, 5.74) is 7.38. The molecule has 2 nitrogen and oxygen atoms in total. The van der Waals surface area contributed by atoms with Gasteiger partial charge in [0.15, 0.2) is 0 Å². The Morgan fingerprint density at radius 3 is 1.81 bits per heavy atom. The number of anilines is 3. The summed E-state index contributed by atoms with van der Waals surface area (Å²) in [7, 11) is 0. The zero-order valence-electron chi connectivity index (χ0n) is 26.1. The lowest BCUT2D eigenvalue weighted by Crippen LogP contribution is -2.11. The molecule has 0 unspecified atom stereocenters. The molecule has 0 amide bonds. The van der Waals surface area contributed by atoms with Crippen molar-refractivity contribution in [3.8, 4) is 11.1 Å². The largest absolute Gasteiger partial charge is 0.455 e. The van der Waals surface area contributed by atoms with Crippen molar-refractivity contribution in [2.24, 2.45) is 0 Å². The molecule has 0 fully saturated rings. The normalized spacial score (nSPS) is 11.8. The molecule has 0 saturated heterocycles. The van der Waals surface area contributed by atoms with Gasteiger partial charge < -0.3 is 9.32 Å². The van der Waals surface area contributed by atoms with Crippen molar-refractivity contribution < 1.29 is 4.42 Å². The van der Waals surface area contributed by atoms with E-state index in [-0.39, 0.29) is 0 Å². The van der Waals surface area contributed by atoms with Gasteiger partial charge in [0, 0.05) is 39.2 Å². The van der Waals surface area contributed by atoms with E-state index in [0.29, 0.717) is 0 Å².